The van der Waals surface area contributed by atoms with Crippen LogP contribution < -0.4 is 14.8 Å². The lowest BCUT2D eigenvalue weighted by atomic mass is 9.95. The molecule has 192 valence electrons. The first-order valence-electron chi connectivity index (χ1n) is 11.8. The molecule has 0 aliphatic heterocycles. The maximum atomic E-state index is 12.8. The fraction of sp³-hybridized carbons (Fsp3) is 0.440. The molecule has 1 amide bonds. The quantitative estimate of drug-likeness (QED) is 0.301. The highest BCUT2D eigenvalue weighted by Gasteiger charge is 2.27. The van der Waals surface area contributed by atoms with Gasteiger partial charge >= 0.3 is 5.97 Å². The van der Waals surface area contributed by atoms with E-state index in [1.807, 2.05) is 32.2 Å². The van der Waals surface area contributed by atoms with Crippen molar-refractivity contribution >= 4 is 40.0 Å². The summed E-state index contributed by atoms with van der Waals surface area (Å²) in [5.41, 5.74) is 2.61. The van der Waals surface area contributed by atoms with Crippen LogP contribution in [0.5, 0.6) is 11.5 Å². The lowest BCUT2D eigenvalue weighted by Crippen LogP contribution is -2.17. The first-order valence-corrected chi connectivity index (χ1v) is 13.6. The molecule has 0 unspecified atom stereocenters. The molecule has 2 aromatic heterocycles. The summed E-state index contributed by atoms with van der Waals surface area (Å²) in [4.78, 5) is 26.6. The molecule has 1 aromatic carbocycles. The fourth-order valence-electron chi connectivity index (χ4n) is 4.00. The average molecular weight is 531 g/mol. The molecule has 9 nitrogen and oxygen atoms in total. The Labute approximate surface area is 218 Å². The molecule has 11 heteroatoms. The fourth-order valence-corrected chi connectivity index (χ4v) is 6.02. The minimum absolute atomic E-state index is 0.128. The third kappa shape index (κ3) is 5.84. The van der Waals surface area contributed by atoms with Crippen molar-refractivity contribution in [2.24, 2.45) is 7.05 Å². The number of aromatic nitrogens is 3. The van der Waals surface area contributed by atoms with E-state index in [9.17, 15) is 9.59 Å². The highest BCUT2D eigenvalue weighted by Crippen LogP contribution is 2.38. The van der Waals surface area contributed by atoms with Crippen molar-refractivity contribution in [2.45, 2.75) is 51.3 Å². The van der Waals surface area contributed by atoms with Crippen LogP contribution in [0.1, 0.15) is 52.0 Å². The number of ether oxygens (including phenoxy) is 3. The Kier molecular flexibility index (Phi) is 8.52. The molecule has 2 heterocycles. The second kappa shape index (κ2) is 11.8. The third-order valence-electron chi connectivity index (χ3n) is 5.84. The van der Waals surface area contributed by atoms with E-state index in [1.165, 1.54) is 23.1 Å². The monoisotopic (exact) mass is 530 g/mol. The summed E-state index contributed by atoms with van der Waals surface area (Å²) in [6.07, 6.45) is 3.89. The Balaban J connectivity index is 1.38. The Bertz CT molecular complexity index is 1250. The number of nitrogens with zero attached hydrogens (tertiary/aromatic N) is 3. The number of methoxy groups -OCH3 is 1. The minimum Gasteiger partial charge on any atom is -0.493 e. The van der Waals surface area contributed by atoms with Crippen molar-refractivity contribution in [3.05, 3.63) is 45.6 Å². The van der Waals surface area contributed by atoms with E-state index in [0.29, 0.717) is 39.7 Å². The number of hydrogen-bond donors (Lipinski definition) is 1. The summed E-state index contributed by atoms with van der Waals surface area (Å²) in [6, 6.07) is 5.71. The molecule has 0 atom stereocenters. The summed E-state index contributed by atoms with van der Waals surface area (Å²) in [5.74, 6) is 1.44. The van der Waals surface area contributed by atoms with Crippen LogP contribution in [0.25, 0.3) is 0 Å². The number of aryl methyl sites for hydroxylation is 2. The zero-order valence-corrected chi connectivity index (χ0v) is 22.5. The van der Waals surface area contributed by atoms with E-state index in [-0.39, 0.29) is 24.2 Å². The van der Waals surface area contributed by atoms with E-state index in [4.69, 9.17) is 14.2 Å². The third-order valence-corrected chi connectivity index (χ3v) is 8.06. The molecule has 1 N–H and O–H groups in total. The molecule has 36 heavy (non-hydrogen) atoms. The number of thiophene rings is 1. The number of benzene rings is 1. The number of fused-ring (bicyclic) bond motifs is 1. The molecule has 0 saturated carbocycles. The van der Waals surface area contributed by atoms with Gasteiger partial charge in [-0.05, 0) is 62.8 Å². The molecule has 1 aliphatic carbocycles. The lowest BCUT2D eigenvalue weighted by molar-refractivity contribution is -0.113. The molecule has 0 spiro atoms. The van der Waals surface area contributed by atoms with Crippen LogP contribution in [-0.4, -0.2) is 46.1 Å². The topological polar surface area (TPSA) is 105 Å². The van der Waals surface area contributed by atoms with E-state index in [2.05, 4.69) is 15.5 Å². The Morgan fingerprint density at radius 3 is 2.78 bits per heavy atom. The van der Waals surface area contributed by atoms with Gasteiger partial charge in [-0.15, -0.1) is 21.5 Å². The van der Waals surface area contributed by atoms with Gasteiger partial charge in [0.05, 0.1) is 25.0 Å². The smallest absolute Gasteiger partial charge is 0.341 e. The highest BCUT2D eigenvalue weighted by atomic mass is 32.2. The highest BCUT2D eigenvalue weighted by molar-refractivity contribution is 7.99. The summed E-state index contributed by atoms with van der Waals surface area (Å²) < 4.78 is 18.3. The van der Waals surface area contributed by atoms with Crippen LogP contribution in [-0.2, 0) is 36.0 Å². The predicted molar refractivity (Wildman–Crippen MR) is 139 cm³/mol. The number of rotatable bonds is 10. The van der Waals surface area contributed by atoms with Crippen molar-refractivity contribution in [2.75, 3.05) is 24.8 Å². The molecular weight excluding hydrogens is 500 g/mol. The number of amides is 1. The van der Waals surface area contributed by atoms with Gasteiger partial charge < -0.3 is 24.1 Å². The van der Waals surface area contributed by atoms with Crippen molar-refractivity contribution in [1.82, 2.24) is 14.8 Å². The predicted octanol–water partition coefficient (Wildman–Crippen LogP) is 4.56. The Morgan fingerprint density at radius 2 is 2.00 bits per heavy atom. The van der Waals surface area contributed by atoms with Crippen molar-refractivity contribution in [3.63, 3.8) is 0 Å². The van der Waals surface area contributed by atoms with E-state index >= 15 is 0 Å². The average Bonchev–Trinajstić information content (AvgIpc) is 3.41. The number of hydrogen-bond acceptors (Lipinski definition) is 9. The summed E-state index contributed by atoms with van der Waals surface area (Å²) in [6.45, 7) is 4.27. The van der Waals surface area contributed by atoms with Crippen LogP contribution in [0.15, 0.2) is 23.4 Å². The molecule has 4 rings (SSSR count). The van der Waals surface area contributed by atoms with Crippen LogP contribution >= 0.6 is 23.1 Å². The molecule has 0 fully saturated rings. The van der Waals surface area contributed by atoms with E-state index in [1.54, 1.807) is 18.6 Å². The maximum Gasteiger partial charge on any atom is 0.341 e. The maximum absolute atomic E-state index is 12.8. The van der Waals surface area contributed by atoms with Gasteiger partial charge in [-0.25, -0.2) is 4.79 Å². The zero-order chi connectivity index (χ0) is 25.7. The number of esters is 1. The van der Waals surface area contributed by atoms with Crippen LogP contribution in [0, 0.1) is 6.92 Å². The second-order valence-corrected chi connectivity index (χ2v) is 10.4. The second-order valence-electron chi connectivity index (χ2n) is 8.37. The number of carbonyl (C=O) groups is 2. The van der Waals surface area contributed by atoms with Gasteiger partial charge in [-0.1, -0.05) is 17.8 Å². The van der Waals surface area contributed by atoms with Gasteiger partial charge in [0.1, 0.15) is 11.6 Å². The standard InChI is InChI=1S/C25H30N4O5S2/c1-5-33-24(31)22-16-8-6-7-9-19(16)36-23(22)26-21(30)14-35-25-28-27-20(29(25)3)13-34-17-11-10-15(2)12-18(17)32-4/h10-12H,5-9,13-14H2,1-4H3,(H,26,30). The minimum atomic E-state index is -0.372. The Morgan fingerprint density at radius 1 is 1.19 bits per heavy atom. The van der Waals surface area contributed by atoms with Crippen LogP contribution in [0.3, 0.4) is 0 Å². The molecule has 1 aliphatic rings. The summed E-state index contributed by atoms with van der Waals surface area (Å²) in [7, 11) is 3.43. The molecule has 3 aromatic rings. The van der Waals surface area contributed by atoms with Crippen LogP contribution in [0.4, 0.5) is 5.00 Å². The van der Waals surface area contributed by atoms with Crippen molar-refractivity contribution < 1.29 is 23.8 Å². The summed E-state index contributed by atoms with van der Waals surface area (Å²) >= 11 is 2.75. The lowest BCUT2D eigenvalue weighted by Gasteiger charge is -2.12. The summed E-state index contributed by atoms with van der Waals surface area (Å²) in [5, 5.41) is 12.5. The number of nitrogens with one attached hydrogen (secondary N) is 1. The normalized spacial score (nSPS) is 12.7. The zero-order valence-electron chi connectivity index (χ0n) is 20.9. The molecule has 0 saturated heterocycles. The first kappa shape index (κ1) is 26.0. The van der Waals surface area contributed by atoms with Crippen molar-refractivity contribution in [1.29, 1.82) is 0 Å². The van der Waals surface area contributed by atoms with E-state index < -0.39 is 0 Å². The van der Waals surface area contributed by atoms with E-state index in [0.717, 1.165) is 41.7 Å². The first-order chi connectivity index (χ1) is 17.4. The van der Waals surface area contributed by atoms with Gasteiger partial charge in [0.15, 0.2) is 22.5 Å². The SMILES string of the molecule is CCOC(=O)c1c(NC(=O)CSc2nnc(COc3ccc(C)cc3OC)n2C)sc2c1CCCC2. The van der Waals surface area contributed by atoms with Gasteiger partial charge in [0.2, 0.25) is 5.91 Å². The number of anilines is 1. The number of thioether (sulfide) groups is 1. The van der Waals surface area contributed by atoms with Crippen LogP contribution in [0.2, 0.25) is 0 Å². The van der Waals surface area contributed by atoms with Gasteiger partial charge in [0.25, 0.3) is 0 Å². The van der Waals surface area contributed by atoms with Gasteiger partial charge in [-0.2, -0.15) is 0 Å². The number of carbonyl (C=O) groups excluding carboxylic acids is 2. The molecule has 0 radical (unpaired) electrons. The molecular formula is C25H30N4O5S2. The Hall–Kier alpha value is -3.05. The largest absolute Gasteiger partial charge is 0.493 e. The molecule has 0 bridgehead atoms. The van der Waals surface area contributed by atoms with Gasteiger partial charge in [-0.3, -0.25) is 4.79 Å². The van der Waals surface area contributed by atoms with Crippen molar-refractivity contribution in [3.8, 4) is 11.5 Å². The van der Waals surface area contributed by atoms with Gasteiger partial charge in [0, 0.05) is 11.9 Å².